The van der Waals surface area contributed by atoms with Crippen molar-refractivity contribution in [1.82, 2.24) is 5.32 Å². The minimum absolute atomic E-state index is 0.270. The highest BCUT2D eigenvalue weighted by Crippen LogP contribution is 1.97. The highest BCUT2D eigenvalue weighted by molar-refractivity contribution is 6.47. The van der Waals surface area contributed by atoms with Gasteiger partial charge in [-0.3, -0.25) is 14.9 Å². The number of nitriles is 1. The lowest BCUT2D eigenvalue weighted by atomic mass is 10.2. The molecule has 1 aromatic rings. The fourth-order valence-corrected chi connectivity index (χ4v) is 0.943. The number of carbonyl (C=O) groups is 2. The molecule has 0 bridgehead atoms. The van der Waals surface area contributed by atoms with E-state index in [0.717, 1.165) is 0 Å². The molecule has 0 aliphatic heterocycles. The smallest absolute Gasteiger partial charge is 0.291 e. The van der Waals surface area contributed by atoms with Crippen LogP contribution in [0, 0.1) is 11.3 Å². The predicted molar refractivity (Wildman–Crippen MR) is 53.7 cm³/mol. The van der Waals surface area contributed by atoms with Crippen LogP contribution < -0.4 is 5.32 Å². The predicted octanol–water partition coefficient (Wildman–Crippen LogP) is 0.297. The summed E-state index contributed by atoms with van der Waals surface area (Å²) in [6.45, 7) is 0. The molecule has 0 aliphatic carbocycles. The lowest BCUT2D eigenvalue weighted by Gasteiger charge is -2.00. The number of carbonyl (C=O) groups excluding carboxylic acids is 2. The van der Waals surface area contributed by atoms with Gasteiger partial charge in [-0.15, -0.1) is 0 Å². The van der Waals surface area contributed by atoms with E-state index in [1.807, 2.05) is 5.32 Å². The van der Waals surface area contributed by atoms with Gasteiger partial charge in [-0.05, 0) is 12.1 Å². The van der Waals surface area contributed by atoms with E-state index >= 15 is 0 Å². The molecule has 0 aromatic heterocycles. The van der Waals surface area contributed by atoms with Crippen molar-refractivity contribution in [2.45, 2.75) is 0 Å². The zero-order valence-corrected chi connectivity index (χ0v) is 8.04. The summed E-state index contributed by atoms with van der Waals surface area (Å²) in [6, 6.07) is 9.33. The van der Waals surface area contributed by atoms with E-state index < -0.39 is 17.5 Å². The van der Waals surface area contributed by atoms with E-state index in [9.17, 15) is 9.59 Å². The molecule has 80 valence electrons. The molecule has 6 heteroatoms. The molecule has 0 atom stereocenters. The van der Waals surface area contributed by atoms with Crippen molar-refractivity contribution < 1.29 is 14.8 Å². The van der Waals surface area contributed by atoms with Crippen molar-refractivity contribution in [3.63, 3.8) is 0 Å². The monoisotopic (exact) mass is 217 g/mol. The van der Waals surface area contributed by atoms with Gasteiger partial charge in [0, 0.05) is 5.56 Å². The summed E-state index contributed by atoms with van der Waals surface area (Å²) in [5.74, 6) is -1.71. The third-order valence-electron chi connectivity index (χ3n) is 1.68. The number of rotatable bonds is 2. The maximum atomic E-state index is 11.4. The molecular weight excluding hydrogens is 210 g/mol. The molecule has 0 saturated carbocycles. The fraction of sp³-hybridized carbons (Fsp3) is 0. The van der Waals surface area contributed by atoms with Crippen molar-refractivity contribution in [1.29, 1.82) is 5.26 Å². The quantitative estimate of drug-likeness (QED) is 0.422. The molecule has 0 heterocycles. The van der Waals surface area contributed by atoms with Crippen LogP contribution in [0.4, 0.5) is 0 Å². The van der Waals surface area contributed by atoms with Gasteiger partial charge < -0.3 is 5.21 Å². The van der Waals surface area contributed by atoms with Crippen LogP contribution in [-0.2, 0) is 4.79 Å². The van der Waals surface area contributed by atoms with Crippen molar-refractivity contribution in [3.8, 4) is 6.07 Å². The van der Waals surface area contributed by atoms with Crippen LogP contribution in [0.15, 0.2) is 35.5 Å². The number of benzene rings is 1. The van der Waals surface area contributed by atoms with Crippen LogP contribution in [0.1, 0.15) is 10.4 Å². The Hall–Kier alpha value is -2.68. The Kier molecular flexibility index (Phi) is 3.75. The molecule has 0 spiro atoms. The van der Waals surface area contributed by atoms with E-state index in [-0.39, 0.29) is 5.56 Å². The summed E-state index contributed by atoms with van der Waals surface area (Å²) in [5, 5.41) is 21.0. The molecule has 16 heavy (non-hydrogen) atoms. The van der Waals surface area contributed by atoms with Gasteiger partial charge in [0.15, 0.2) is 0 Å². The molecule has 0 aliphatic rings. The SMILES string of the molecule is N#CC(=NO)C(=O)NC(=O)c1ccccc1. The lowest BCUT2D eigenvalue weighted by molar-refractivity contribution is -0.113. The fourth-order valence-electron chi connectivity index (χ4n) is 0.943. The Morgan fingerprint density at radius 3 is 2.44 bits per heavy atom. The Labute approximate surface area is 90.8 Å². The van der Waals surface area contributed by atoms with Crippen LogP contribution in [-0.4, -0.2) is 22.7 Å². The molecule has 6 nitrogen and oxygen atoms in total. The van der Waals surface area contributed by atoms with Gasteiger partial charge in [0.25, 0.3) is 11.8 Å². The van der Waals surface area contributed by atoms with Gasteiger partial charge in [0.05, 0.1) is 0 Å². The summed E-state index contributed by atoms with van der Waals surface area (Å²) in [5.41, 5.74) is -0.504. The topological polar surface area (TPSA) is 103 Å². The minimum Gasteiger partial charge on any atom is -0.410 e. The van der Waals surface area contributed by atoms with Gasteiger partial charge in [-0.1, -0.05) is 23.4 Å². The number of oxime groups is 1. The van der Waals surface area contributed by atoms with Crippen LogP contribution in [0.2, 0.25) is 0 Å². The first kappa shape index (κ1) is 11.4. The number of nitrogens with zero attached hydrogens (tertiary/aromatic N) is 2. The second-order valence-corrected chi connectivity index (χ2v) is 2.71. The van der Waals surface area contributed by atoms with Gasteiger partial charge in [-0.2, -0.15) is 5.26 Å². The Bertz CT molecular complexity index is 474. The Morgan fingerprint density at radius 1 is 1.31 bits per heavy atom. The molecule has 0 radical (unpaired) electrons. The number of imide groups is 1. The molecule has 1 aromatic carbocycles. The van der Waals surface area contributed by atoms with Gasteiger partial charge in [0.1, 0.15) is 6.07 Å². The summed E-state index contributed by atoms with van der Waals surface area (Å²) in [6.07, 6.45) is 0. The zero-order valence-electron chi connectivity index (χ0n) is 8.04. The first-order chi connectivity index (χ1) is 7.69. The van der Waals surface area contributed by atoms with E-state index in [1.54, 1.807) is 18.2 Å². The Morgan fingerprint density at radius 2 is 1.94 bits per heavy atom. The second kappa shape index (κ2) is 5.26. The summed E-state index contributed by atoms with van der Waals surface area (Å²) in [7, 11) is 0. The Balaban J connectivity index is 2.74. The van der Waals surface area contributed by atoms with E-state index in [0.29, 0.717) is 0 Å². The van der Waals surface area contributed by atoms with E-state index in [2.05, 4.69) is 5.16 Å². The minimum atomic E-state index is -1.04. The summed E-state index contributed by atoms with van der Waals surface area (Å²) < 4.78 is 0. The first-order valence-electron chi connectivity index (χ1n) is 4.22. The van der Waals surface area contributed by atoms with Gasteiger partial charge in [0.2, 0.25) is 5.71 Å². The van der Waals surface area contributed by atoms with Crippen molar-refractivity contribution in [2.75, 3.05) is 0 Å². The standard InChI is InChI=1S/C10H7N3O3/c11-6-8(13-16)10(15)12-9(14)7-4-2-1-3-5-7/h1-5,16H,(H,12,14,15). The zero-order chi connectivity index (χ0) is 12.0. The first-order valence-corrected chi connectivity index (χ1v) is 4.22. The largest absolute Gasteiger partial charge is 0.410 e. The summed E-state index contributed by atoms with van der Waals surface area (Å²) >= 11 is 0. The van der Waals surface area contributed by atoms with Crippen LogP contribution in [0.25, 0.3) is 0 Å². The van der Waals surface area contributed by atoms with E-state index in [4.69, 9.17) is 10.5 Å². The average molecular weight is 217 g/mol. The second-order valence-electron chi connectivity index (χ2n) is 2.71. The van der Waals surface area contributed by atoms with Crippen LogP contribution >= 0.6 is 0 Å². The number of hydrogen-bond donors (Lipinski definition) is 2. The number of hydrogen-bond acceptors (Lipinski definition) is 5. The maximum absolute atomic E-state index is 11.4. The van der Waals surface area contributed by atoms with Crippen molar-refractivity contribution >= 4 is 17.5 Å². The molecule has 0 saturated heterocycles. The van der Waals surface area contributed by atoms with E-state index in [1.165, 1.54) is 18.2 Å². The molecular formula is C10H7N3O3. The average Bonchev–Trinajstić information content (AvgIpc) is 2.31. The molecule has 1 rings (SSSR count). The third-order valence-corrected chi connectivity index (χ3v) is 1.68. The summed E-state index contributed by atoms with van der Waals surface area (Å²) in [4.78, 5) is 22.6. The highest BCUT2D eigenvalue weighted by atomic mass is 16.4. The molecule has 0 unspecified atom stereocenters. The molecule has 2 N–H and O–H groups in total. The molecule has 2 amide bonds. The van der Waals surface area contributed by atoms with Crippen molar-refractivity contribution in [3.05, 3.63) is 35.9 Å². The van der Waals surface area contributed by atoms with Gasteiger partial charge in [-0.25, -0.2) is 0 Å². The highest BCUT2D eigenvalue weighted by Gasteiger charge is 2.15. The van der Waals surface area contributed by atoms with Gasteiger partial charge >= 0.3 is 0 Å². The van der Waals surface area contributed by atoms with Crippen LogP contribution in [0.3, 0.4) is 0 Å². The number of nitrogens with one attached hydrogen (secondary N) is 1. The third kappa shape index (κ3) is 2.65. The van der Waals surface area contributed by atoms with Crippen LogP contribution in [0.5, 0.6) is 0 Å². The van der Waals surface area contributed by atoms with Crippen molar-refractivity contribution in [2.24, 2.45) is 5.16 Å². The normalized spacial score (nSPS) is 10.3. The number of amides is 2. The lowest BCUT2D eigenvalue weighted by Crippen LogP contribution is -2.35. The maximum Gasteiger partial charge on any atom is 0.291 e. The molecule has 0 fully saturated rings.